The Labute approximate surface area is 178 Å². The van der Waals surface area contributed by atoms with Gasteiger partial charge in [0.05, 0.1) is 5.57 Å². The summed E-state index contributed by atoms with van der Waals surface area (Å²) in [6, 6.07) is 13.9. The highest BCUT2D eigenvalue weighted by Crippen LogP contribution is 2.29. The molecule has 1 saturated heterocycles. The van der Waals surface area contributed by atoms with Gasteiger partial charge in [-0.25, -0.2) is 0 Å². The number of hydrogen-bond acceptors (Lipinski definition) is 4. The van der Waals surface area contributed by atoms with Crippen molar-refractivity contribution in [2.45, 2.75) is 18.8 Å². The Hall–Kier alpha value is -2.19. The smallest absolute Gasteiger partial charge is 0.260 e. The van der Waals surface area contributed by atoms with Crippen molar-refractivity contribution < 1.29 is 9.59 Å². The number of hydrogen-bond donors (Lipinski definition) is 2. The van der Waals surface area contributed by atoms with Crippen molar-refractivity contribution in [1.29, 1.82) is 0 Å². The maximum atomic E-state index is 12.3. The topological polar surface area (TPSA) is 61.4 Å². The van der Waals surface area contributed by atoms with Crippen LogP contribution in [0.3, 0.4) is 0 Å². The zero-order chi connectivity index (χ0) is 19.7. The summed E-state index contributed by atoms with van der Waals surface area (Å²) in [5.74, 6) is -0.112. The number of amides is 2. The van der Waals surface area contributed by atoms with Crippen LogP contribution in [0.5, 0.6) is 0 Å². The molecular formula is C22H22IN3O2. The van der Waals surface area contributed by atoms with Gasteiger partial charge in [-0.3, -0.25) is 14.9 Å². The van der Waals surface area contributed by atoms with E-state index < -0.39 is 0 Å². The van der Waals surface area contributed by atoms with Crippen LogP contribution in [0.25, 0.3) is 5.57 Å². The van der Waals surface area contributed by atoms with E-state index in [-0.39, 0.29) is 11.8 Å². The molecular weight excluding hydrogens is 465 g/mol. The third kappa shape index (κ3) is 3.98. The van der Waals surface area contributed by atoms with E-state index in [9.17, 15) is 9.59 Å². The molecule has 1 fully saturated rings. The van der Waals surface area contributed by atoms with E-state index >= 15 is 0 Å². The Morgan fingerprint density at radius 3 is 2.46 bits per heavy atom. The van der Waals surface area contributed by atoms with Gasteiger partial charge in [0.15, 0.2) is 0 Å². The van der Waals surface area contributed by atoms with Crippen LogP contribution in [0, 0.1) is 3.57 Å². The summed E-state index contributed by atoms with van der Waals surface area (Å²) < 4.78 is 0.979. The van der Waals surface area contributed by atoms with Gasteiger partial charge in [-0.15, -0.1) is 0 Å². The number of likely N-dealkylation sites (tertiary alicyclic amines) is 1. The van der Waals surface area contributed by atoms with Crippen molar-refractivity contribution in [3.05, 3.63) is 68.9 Å². The van der Waals surface area contributed by atoms with E-state index in [2.05, 4.69) is 57.3 Å². The average Bonchev–Trinajstić information content (AvgIpc) is 2.68. The SMILES string of the molecule is CN1CCC(c2ccc(N/C=C3\C(=O)NC(=O)c4ccc(I)cc43)cc2)CC1. The van der Waals surface area contributed by atoms with Crippen molar-refractivity contribution in [3.63, 3.8) is 0 Å². The van der Waals surface area contributed by atoms with E-state index in [4.69, 9.17) is 0 Å². The van der Waals surface area contributed by atoms with Crippen LogP contribution in [-0.4, -0.2) is 36.9 Å². The summed E-state index contributed by atoms with van der Waals surface area (Å²) in [6.07, 6.45) is 4.06. The summed E-state index contributed by atoms with van der Waals surface area (Å²) >= 11 is 2.18. The average molecular weight is 487 g/mol. The van der Waals surface area contributed by atoms with Crippen molar-refractivity contribution in [1.82, 2.24) is 10.2 Å². The van der Waals surface area contributed by atoms with Crippen LogP contribution in [0.2, 0.25) is 0 Å². The third-order valence-electron chi connectivity index (χ3n) is 5.47. The van der Waals surface area contributed by atoms with Crippen LogP contribution in [0.15, 0.2) is 48.7 Å². The summed E-state index contributed by atoms with van der Waals surface area (Å²) in [4.78, 5) is 26.8. The molecule has 5 nitrogen and oxygen atoms in total. The van der Waals surface area contributed by atoms with E-state index in [1.807, 2.05) is 24.3 Å². The predicted octanol–water partition coefficient (Wildman–Crippen LogP) is 3.82. The molecule has 2 aliphatic heterocycles. The number of benzene rings is 2. The number of carbonyl (C=O) groups is 2. The first-order chi connectivity index (χ1) is 13.5. The van der Waals surface area contributed by atoms with E-state index in [1.165, 1.54) is 18.4 Å². The van der Waals surface area contributed by atoms with Gasteiger partial charge in [-0.1, -0.05) is 12.1 Å². The fourth-order valence-electron chi connectivity index (χ4n) is 3.79. The molecule has 0 spiro atoms. The second kappa shape index (κ2) is 8.05. The number of carbonyl (C=O) groups excluding carboxylic acids is 2. The molecule has 0 bridgehead atoms. The molecule has 2 amide bonds. The van der Waals surface area contributed by atoms with Crippen LogP contribution in [0.4, 0.5) is 5.69 Å². The Morgan fingerprint density at radius 1 is 1.04 bits per heavy atom. The van der Waals surface area contributed by atoms with Gasteiger partial charge in [0.25, 0.3) is 11.8 Å². The highest BCUT2D eigenvalue weighted by Gasteiger charge is 2.27. The minimum Gasteiger partial charge on any atom is -0.361 e. The number of fused-ring (bicyclic) bond motifs is 1. The van der Waals surface area contributed by atoms with Gasteiger partial charge in [0.2, 0.25) is 0 Å². The van der Waals surface area contributed by atoms with Crippen molar-refractivity contribution >= 4 is 45.7 Å². The maximum absolute atomic E-state index is 12.3. The standard InChI is InChI=1S/C22H22IN3O2/c1-26-10-8-15(9-11-26)14-2-5-17(6-3-14)24-13-20-19-12-16(23)4-7-18(19)21(27)25-22(20)28/h2-7,12-13,15,24H,8-11H2,1H3,(H,25,27,28)/b20-13-. The number of nitrogens with one attached hydrogen (secondary N) is 2. The highest BCUT2D eigenvalue weighted by atomic mass is 127. The molecule has 2 heterocycles. The number of piperidine rings is 1. The Kier molecular flexibility index (Phi) is 5.50. The van der Waals surface area contributed by atoms with Crippen LogP contribution in [-0.2, 0) is 4.79 Å². The van der Waals surface area contributed by atoms with Crippen LogP contribution < -0.4 is 10.6 Å². The number of imide groups is 1. The quantitative estimate of drug-likeness (QED) is 0.393. The Balaban J connectivity index is 1.53. The summed E-state index contributed by atoms with van der Waals surface area (Å²) in [7, 11) is 2.17. The van der Waals surface area contributed by atoms with Gasteiger partial charge in [-0.2, -0.15) is 0 Å². The molecule has 4 rings (SSSR count). The third-order valence-corrected chi connectivity index (χ3v) is 6.14. The largest absolute Gasteiger partial charge is 0.361 e. The molecule has 0 atom stereocenters. The van der Waals surface area contributed by atoms with Gasteiger partial charge < -0.3 is 10.2 Å². The number of halogens is 1. The lowest BCUT2D eigenvalue weighted by Gasteiger charge is -2.29. The monoisotopic (exact) mass is 487 g/mol. The molecule has 2 aromatic carbocycles. The molecule has 0 aliphatic carbocycles. The minimum atomic E-state index is -0.380. The zero-order valence-corrected chi connectivity index (χ0v) is 17.8. The molecule has 0 radical (unpaired) electrons. The summed E-state index contributed by atoms with van der Waals surface area (Å²) in [5.41, 5.74) is 3.93. The first kappa shape index (κ1) is 19.1. The fraction of sp³-hybridized carbons (Fsp3) is 0.273. The van der Waals surface area contributed by atoms with E-state index in [0.29, 0.717) is 22.6 Å². The van der Waals surface area contributed by atoms with Crippen molar-refractivity contribution in [2.75, 3.05) is 25.5 Å². The zero-order valence-electron chi connectivity index (χ0n) is 15.7. The first-order valence-electron chi connectivity index (χ1n) is 9.42. The van der Waals surface area contributed by atoms with Crippen molar-refractivity contribution in [3.8, 4) is 0 Å². The molecule has 28 heavy (non-hydrogen) atoms. The van der Waals surface area contributed by atoms with Gasteiger partial charge in [0, 0.05) is 26.6 Å². The number of anilines is 1. The molecule has 2 N–H and O–H groups in total. The van der Waals surface area contributed by atoms with Crippen LogP contribution in [0.1, 0.15) is 40.2 Å². The van der Waals surface area contributed by atoms with E-state index in [0.717, 1.165) is 22.3 Å². The van der Waals surface area contributed by atoms with Gasteiger partial charge in [-0.05, 0) is 97.4 Å². The lowest BCUT2D eigenvalue weighted by molar-refractivity contribution is -0.114. The predicted molar refractivity (Wildman–Crippen MR) is 119 cm³/mol. The molecule has 0 unspecified atom stereocenters. The Bertz CT molecular complexity index is 945. The fourth-order valence-corrected chi connectivity index (χ4v) is 4.28. The summed E-state index contributed by atoms with van der Waals surface area (Å²) in [5, 5.41) is 5.62. The molecule has 2 aromatic rings. The normalized spacial score (nSPS) is 19.4. The Morgan fingerprint density at radius 2 is 1.75 bits per heavy atom. The van der Waals surface area contributed by atoms with Crippen molar-refractivity contribution in [2.24, 2.45) is 0 Å². The first-order valence-corrected chi connectivity index (χ1v) is 10.5. The number of nitrogens with zero attached hydrogens (tertiary/aromatic N) is 1. The number of rotatable bonds is 3. The highest BCUT2D eigenvalue weighted by molar-refractivity contribution is 14.1. The second-order valence-corrected chi connectivity index (χ2v) is 8.62. The van der Waals surface area contributed by atoms with Crippen LogP contribution >= 0.6 is 22.6 Å². The van der Waals surface area contributed by atoms with E-state index in [1.54, 1.807) is 12.3 Å². The molecule has 0 aromatic heterocycles. The lowest BCUT2D eigenvalue weighted by atomic mass is 9.89. The minimum absolute atomic E-state index is 0.351. The molecule has 0 saturated carbocycles. The molecule has 144 valence electrons. The second-order valence-electron chi connectivity index (χ2n) is 7.38. The maximum Gasteiger partial charge on any atom is 0.260 e. The van der Waals surface area contributed by atoms with Gasteiger partial charge >= 0.3 is 0 Å². The molecule has 6 heteroatoms. The summed E-state index contributed by atoms with van der Waals surface area (Å²) in [6.45, 7) is 2.28. The molecule has 2 aliphatic rings. The lowest BCUT2D eigenvalue weighted by Crippen LogP contribution is -2.36. The van der Waals surface area contributed by atoms with Gasteiger partial charge in [0.1, 0.15) is 0 Å².